The Labute approximate surface area is 171 Å². The third kappa shape index (κ3) is 5.21. The van der Waals surface area contributed by atoms with E-state index in [-0.39, 0.29) is 17.2 Å². The van der Waals surface area contributed by atoms with Gasteiger partial charge in [0.25, 0.3) is 5.91 Å². The van der Waals surface area contributed by atoms with Crippen LogP contribution in [0.1, 0.15) is 53.9 Å². The van der Waals surface area contributed by atoms with Gasteiger partial charge in [-0.1, -0.05) is 51.1 Å². The Morgan fingerprint density at radius 2 is 1.62 bits per heavy atom. The van der Waals surface area contributed by atoms with E-state index in [4.69, 9.17) is 10.6 Å². The average Bonchev–Trinajstić information content (AvgIpc) is 2.73. The molecular weight excluding hydrogens is 362 g/mol. The maximum Gasteiger partial charge on any atom is 0.265 e. The van der Waals surface area contributed by atoms with E-state index >= 15 is 0 Å². The number of nitrogens with zero attached hydrogens (tertiary/aromatic N) is 1. The molecule has 150 valence electrons. The van der Waals surface area contributed by atoms with Crippen LogP contribution in [0.5, 0.6) is 5.75 Å². The first-order valence-corrected chi connectivity index (χ1v) is 9.62. The van der Waals surface area contributed by atoms with E-state index in [0.29, 0.717) is 12.2 Å². The van der Waals surface area contributed by atoms with Gasteiger partial charge in [-0.2, -0.15) is 0 Å². The van der Waals surface area contributed by atoms with Gasteiger partial charge in [0, 0.05) is 17.7 Å². The number of nitrogens with two attached hydrogens (primary N) is 1. The van der Waals surface area contributed by atoms with Crippen LogP contribution in [0.4, 0.5) is 0 Å². The van der Waals surface area contributed by atoms with Crippen LogP contribution < -0.4 is 16.0 Å². The van der Waals surface area contributed by atoms with Crippen molar-refractivity contribution < 1.29 is 9.53 Å². The summed E-state index contributed by atoms with van der Waals surface area (Å²) in [6, 6.07) is 21.6. The van der Waals surface area contributed by atoms with Crippen LogP contribution >= 0.6 is 0 Å². The zero-order chi connectivity index (χ0) is 20.9. The molecule has 0 fully saturated rings. The van der Waals surface area contributed by atoms with Crippen LogP contribution in [0.25, 0.3) is 0 Å². The maximum atomic E-state index is 11.7. The molecule has 0 aliphatic heterocycles. The molecule has 0 bridgehead atoms. The van der Waals surface area contributed by atoms with Gasteiger partial charge in [-0.15, -0.1) is 0 Å². The molecule has 5 nitrogen and oxygen atoms in total. The van der Waals surface area contributed by atoms with Gasteiger partial charge < -0.3 is 4.74 Å². The Kier molecular flexibility index (Phi) is 6.29. The number of hydrogen-bond acceptors (Lipinski definition) is 4. The van der Waals surface area contributed by atoms with Crippen LogP contribution in [-0.2, 0) is 6.61 Å². The average molecular weight is 389 g/mol. The number of carbonyl (C=O) groups excluding carboxylic acids is 1. The minimum atomic E-state index is -0.293. The Morgan fingerprint density at radius 3 is 2.14 bits per heavy atom. The summed E-state index contributed by atoms with van der Waals surface area (Å²) in [5.74, 6) is 5.91. The molecule has 0 spiro atoms. The first kappa shape index (κ1) is 20.6. The lowest BCUT2D eigenvalue weighted by Crippen LogP contribution is -2.30. The predicted molar refractivity (Wildman–Crippen MR) is 114 cm³/mol. The molecule has 0 aliphatic carbocycles. The quantitative estimate of drug-likeness (QED) is 0.371. The fourth-order valence-corrected chi connectivity index (χ4v) is 3.50. The van der Waals surface area contributed by atoms with Gasteiger partial charge in [0.2, 0.25) is 0 Å². The number of hydrogen-bond donors (Lipinski definition) is 2. The van der Waals surface area contributed by atoms with Crippen molar-refractivity contribution in [1.29, 1.82) is 0 Å². The van der Waals surface area contributed by atoms with Gasteiger partial charge in [-0.25, -0.2) is 5.84 Å². The lowest BCUT2D eigenvalue weighted by molar-refractivity contribution is 0.0953. The molecule has 29 heavy (non-hydrogen) atoms. The zero-order valence-corrected chi connectivity index (χ0v) is 17.1. The molecule has 1 amide bonds. The number of nitrogen functional groups attached to an aromatic ring is 1. The third-order valence-corrected chi connectivity index (χ3v) is 4.83. The van der Waals surface area contributed by atoms with E-state index in [1.165, 1.54) is 5.56 Å². The highest BCUT2D eigenvalue weighted by Gasteiger charge is 2.28. The fourth-order valence-electron chi connectivity index (χ4n) is 3.50. The van der Waals surface area contributed by atoms with Crippen LogP contribution in [0, 0.1) is 5.41 Å². The number of rotatable bonds is 6. The van der Waals surface area contributed by atoms with Crippen molar-refractivity contribution in [3.8, 4) is 5.75 Å². The van der Waals surface area contributed by atoms with E-state index in [0.717, 1.165) is 17.0 Å². The number of aromatic nitrogens is 1. The number of hydrazine groups is 1. The summed E-state index contributed by atoms with van der Waals surface area (Å²) in [6.07, 6.45) is 1.76. The molecule has 1 unspecified atom stereocenters. The smallest absolute Gasteiger partial charge is 0.265 e. The molecule has 3 rings (SSSR count). The van der Waals surface area contributed by atoms with Crippen molar-refractivity contribution in [3.63, 3.8) is 0 Å². The molecule has 1 aromatic heterocycles. The van der Waals surface area contributed by atoms with E-state index < -0.39 is 0 Å². The molecule has 0 saturated carbocycles. The van der Waals surface area contributed by atoms with Gasteiger partial charge in [-0.05, 0) is 52.9 Å². The first-order valence-electron chi connectivity index (χ1n) is 9.62. The summed E-state index contributed by atoms with van der Waals surface area (Å²) >= 11 is 0. The van der Waals surface area contributed by atoms with Crippen molar-refractivity contribution >= 4 is 5.91 Å². The minimum absolute atomic E-state index is 0.00598. The normalized spacial score (nSPS) is 12.3. The van der Waals surface area contributed by atoms with Gasteiger partial charge >= 0.3 is 0 Å². The second kappa shape index (κ2) is 8.88. The van der Waals surface area contributed by atoms with Crippen molar-refractivity contribution in [2.45, 2.75) is 33.3 Å². The van der Waals surface area contributed by atoms with Crippen molar-refractivity contribution in [2.24, 2.45) is 11.3 Å². The Balaban J connectivity index is 1.79. The van der Waals surface area contributed by atoms with Crippen LogP contribution in [0.2, 0.25) is 0 Å². The number of carbonyl (C=O) groups is 1. The van der Waals surface area contributed by atoms with E-state index in [2.05, 4.69) is 43.3 Å². The molecule has 3 aromatic rings. The first-order chi connectivity index (χ1) is 13.9. The second-order valence-corrected chi connectivity index (χ2v) is 8.07. The van der Waals surface area contributed by atoms with E-state index in [1.807, 2.05) is 42.5 Å². The summed E-state index contributed by atoms with van der Waals surface area (Å²) in [4.78, 5) is 16.0. The monoisotopic (exact) mass is 389 g/mol. The van der Waals surface area contributed by atoms with Gasteiger partial charge in [-0.3, -0.25) is 15.2 Å². The summed E-state index contributed by atoms with van der Waals surface area (Å²) in [5, 5.41) is 0. The number of amides is 1. The molecule has 0 saturated heterocycles. The number of benzene rings is 2. The highest BCUT2D eigenvalue weighted by atomic mass is 16.5. The summed E-state index contributed by atoms with van der Waals surface area (Å²) < 4.78 is 5.85. The molecular formula is C24H27N3O2. The molecule has 2 aromatic carbocycles. The van der Waals surface area contributed by atoms with Crippen molar-refractivity contribution in [1.82, 2.24) is 10.4 Å². The molecule has 3 N–H and O–H groups in total. The van der Waals surface area contributed by atoms with Crippen LogP contribution in [0.15, 0.2) is 72.9 Å². The number of ether oxygens (including phenoxy) is 1. The van der Waals surface area contributed by atoms with E-state index in [1.54, 1.807) is 18.3 Å². The largest absolute Gasteiger partial charge is 0.487 e. The Morgan fingerprint density at radius 1 is 1.00 bits per heavy atom. The topological polar surface area (TPSA) is 77.2 Å². The van der Waals surface area contributed by atoms with Gasteiger partial charge in [0.05, 0.1) is 5.69 Å². The van der Waals surface area contributed by atoms with Gasteiger partial charge in [0.1, 0.15) is 12.4 Å². The minimum Gasteiger partial charge on any atom is -0.487 e. The van der Waals surface area contributed by atoms with Gasteiger partial charge in [0.15, 0.2) is 0 Å². The van der Waals surface area contributed by atoms with E-state index in [9.17, 15) is 4.79 Å². The van der Waals surface area contributed by atoms with Crippen molar-refractivity contribution in [2.75, 3.05) is 0 Å². The molecule has 1 heterocycles. The number of pyridine rings is 1. The summed E-state index contributed by atoms with van der Waals surface area (Å²) in [5.41, 5.74) is 5.94. The molecule has 5 heteroatoms. The Bertz CT molecular complexity index is 931. The lowest BCUT2D eigenvalue weighted by atomic mass is 9.72. The van der Waals surface area contributed by atoms with Crippen LogP contribution in [-0.4, -0.2) is 10.9 Å². The fraction of sp³-hybridized carbons (Fsp3) is 0.250. The zero-order valence-electron chi connectivity index (χ0n) is 17.1. The maximum absolute atomic E-state index is 11.7. The number of nitrogens with one attached hydrogen (secondary N) is 1. The highest BCUT2D eigenvalue weighted by molar-refractivity contribution is 5.93. The molecule has 0 aliphatic rings. The Hall–Kier alpha value is -3.18. The molecule has 0 radical (unpaired) electrons. The second-order valence-electron chi connectivity index (χ2n) is 8.07. The third-order valence-electron chi connectivity index (χ3n) is 4.83. The van der Waals surface area contributed by atoms with Crippen molar-refractivity contribution in [3.05, 3.63) is 95.3 Å². The SMILES string of the molecule is CC(C)(C)C(c1ccc(OCc2ccccn2)cc1)c1ccc(C(=O)NN)cc1. The summed E-state index contributed by atoms with van der Waals surface area (Å²) in [7, 11) is 0. The van der Waals surface area contributed by atoms with Crippen LogP contribution in [0.3, 0.4) is 0 Å². The lowest BCUT2D eigenvalue weighted by Gasteiger charge is -2.32. The standard InChI is InChI=1S/C24H27N3O2/c1-24(2,3)22(17-7-9-19(10-8-17)23(28)27-25)18-11-13-21(14-12-18)29-16-20-6-4-5-15-26-20/h4-15,22H,16,25H2,1-3H3,(H,27,28). The highest BCUT2D eigenvalue weighted by Crippen LogP contribution is 2.41. The predicted octanol–water partition coefficient (Wildman–Crippen LogP) is 4.44. The summed E-state index contributed by atoms with van der Waals surface area (Å²) in [6.45, 7) is 7.07. The molecule has 1 atom stereocenters.